The predicted molar refractivity (Wildman–Crippen MR) is 210 cm³/mol. The van der Waals surface area contributed by atoms with Gasteiger partial charge in [-0.2, -0.15) is 0 Å². The molecule has 11 aromatic rings. The standard InChI is InChI=1S/C45H25N7O2/c1-2-12-37-32(6-1)33-17-18-38-40(41(33)53-37)49-45(54-38)34-10-4-8-30-29(7-3-9-31(30)34)26-13-15-27(16-14-26)42-50-43(28-19-23-46-24-20-28)52-44(51-42)35-21-25-47-36-11-5-22-48-39(35)36/h1-25H. The van der Waals surface area contributed by atoms with Crippen LogP contribution in [0.5, 0.6) is 0 Å². The molecule has 11 rings (SSSR count). The van der Waals surface area contributed by atoms with E-state index in [4.69, 9.17) is 28.8 Å². The first-order valence-corrected chi connectivity index (χ1v) is 17.5. The van der Waals surface area contributed by atoms with Crippen molar-refractivity contribution in [2.75, 3.05) is 0 Å². The number of rotatable bonds is 5. The minimum Gasteiger partial charge on any atom is -0.454 e. The van der Waals surface area contributed by atoms with Crippen LogP contribution in [0.3, 0.4) is 0 Å². The van der Waals surface area contributed by atoms with Crippen molar-refractivity contribution in [3.8, 4) is 56.7 Å². The van der Waals surface area contributed by atoms with E-state index in [1.807, 2.05) is 66.7 Å². The predicted octanol–water partition coefficient (Wildman–Crippen LogP) is 10.7. The number of nitrogens with zero attached hydrogens (tertiary/aromatic N) is 7. The molecule has 6 aromatic heterocycles. The van der Waals surface area contributed by atoms with Gasteiger partial charge in [-0.1, -0.05) is 72.8 Å². The van der Waals surface area contributed by atoms with Crippen LogP contribution < -0.4 is 0 Å². The summed E-state index contributed by atoms with van der Waals surface area (Å²) in [5, 5.41) is 4.20. The second kappa shape index (κ2) is 12.0. The fourth-order valence-electron chi connectivity index (χ4n) is 7.25. The van der Waals surface area contributed by atoms with Crippen molar-refractivity contribution in [3.63, 3.8) is 0 Å². The normalized spacial score (nSPS) is 11.7. The Bertz CT molecular complexity index is 3220. The lowest BCUT2D eigenvalue weighted by Crippen LogP contribution is -2.01. The number of fused-ring (bicyclic) bond motifs is 7. The number of oxazole rings is 1. The minimum atomic E-state index is 0.517. The van der Waals surface area contributed by atoms with E-state index in [1.54, 1.807) is 24.8 Å². The van der Waals surface area contributed by atoms with Crippen LogP contribution in [-0.4, -0.2) is 34.9 Å². The zero-order valence-corrected chi connectivity index (χ0v) is 28.4. The molecular formula is C45H25N7O2. The smallest absolute Gasteiger partial charge is 0.228 e. The molecule has 0 atom stereocenters. The number of pyridine rings is 3. The second-order valence-corrected chi connectivity index (χ2v) is 13.0. The molecule has 0 spiro atoms. The maximum Gasteiger partial charge on any atom is 0.228 e. The Morgan fingerprint density at radius 3 is 1.94 bits per heavy atom. The summed E-state index contributed by atoms with van der Waals surface area (Å²) in [4.78, 5) is 33.0. The van der Waals surface area contributed by atoms with E-state index in [0.29, 0.717) is 34.5 Å². The van der Waals surface area contributed by atoms with Gasteiger partial charge in [0, 0.05) is 57.8 Å². The molecule has 54 heavy (non-hydrogen) atoms. The van der Waals surface area contributed by atoms with Crippen molar-refractivity contribution in [1.82, 2.24) is 34.9 Å². The van der Waals surface area contributed by atoms with Gasteiger partial charge >= 0.3 is 0 Å². The third-order valence-electron chi connectivity index (χ3n) is 9.82. The van der Waals surface area contributed by atoms with E-state index in [9.17, 15) is 0 Å². The fourth-order valence-corrected chi connectivity index (χ4v) is 7.25. The molecular weight excluding hydrogens is 671 g/mol. The van der Waals surface area contributed by atoms with Crippen LogP contribution >= 0.6 is 0 Å². The highest BCUT2D eigenvalue weighted by molar-refractivity contribution is 6.13. The van der Waals surface area contributed by atoms with Gasteiger partial charge in [0.25, 0.3) is 0 Å². The monoisotopic (exact) mass is 695 g/mol. The summed E-state index contributed by atoms with van der Waals surface area (Å²) in [5.41, 5.74) is 9.97. The number of aromatic nitrogens is 7. The first-order valence-electron chi connectivity index (χ1n) is 17.5. The summed E-state index contributed by atoms with van der Waals surface area (Å²) in [6, 6.07) is 42.4. The van der Waals surface area contributed by atoms with Crippen LogP contribution in [0.2, 0.25) is 0 Å². The number of hydrogen-bond donors (Lipinski definition) is 0. The molecule has 9 heteroatoms. The average molecular weight is 696 g/mol. The highest BCUT2D eigenvalue weighted by atomic mass is 16.4. The van der Waals surface area contributed by atoms with Gasteiger partial charge in [0.1, 0.15) is 5.58 Å². The van der Waals surface area contributed by atoms with Gasteiger partial charge in [-0.25, -0.2) is 19.9 Å². The van der Waals surface area contributed by atoms with Gasteiger partial charge in [0.05, 0.1) is 11.0 Å². The van der Waals surface area contributed by atoms with E-state index in [-0.39, 0.29) is 0 Å². The van der Waals surface area contributed by atoms with Crippen molar-refractivity contribution in [3.05, 3.63) is 152 Å². The summed E-state index contributed by atoms with van der Waals surface area (Å²) >= 11 is 0. The van der Waals surface area contributed by atoms with E-state index in [2.05, 4.69) is 75.6 Å². The molecule has 252 valence electrons. The first-order chi connectivity index (χ1) is 26.7. The highest BCUT2D eigenvalue weighted by Crippen LogP contribution is 2.39. The second-order valence-electron chi connectivity index (χ2n) is 13.0. The maximum absolute atomic E-state index is 6.38. The average Bonchev–Trinajstić information content (AvgIpc) is 3.85. The van der Waals surface area contributed by atoms with Crippen molar-refractivity contribution >= 4 is 54.8 Å². The largest absolute Gasteiger partial charge is 0.454 e. The molecule has 0 aliphatic carbocycles. The Balaban J connectivity index is 0.998. The Morgan fingerprint density at radius 1 is 0.370 bits per heavy atom. The molecule has 0 unspecified atom stereocenters. The van der Waals surface area contributed by atoms with E-state index >= 15 is 0 Å². The lowest BCUT2D eigenvalue weighted by Gasteiger charge is -2.11. The molecule has 0 bridgehead atoms. The zero-order valence-electron chi connectivity index (χ0n) is 28.4. The molecule has 6 heterocycles. The van der Waals surface area contributed by atoms with Gasteiger partial charge in [-0.3, -0.25) is 15.0 Å². The Kier molecular flexibility index (Phi) is 6.65. The van der Waals surface area contributed by atoms with Crippen molar-refractivity contribution in [2.45, 2.75) is 0 Å². The molecule has 0 saturated heterocycles. The maximum atomic E-state index is 6.38. The Hall–Kier alpha value is -7.65. The highest BCUT2D eigenvalue weighted by Gasteiger charge is 2.19. The van der Waals surface area contributed by atoms with Crippen molar-refractivity contribution < 1.29 is 8.83 Å². The third kappa shape index (κ3) is 4.83. The van der Waals surface area contributed by atoms with E-state index in [1.165, 1.54) is 0 Å². The van der Waals surface area contributed by atoms with Crippen LogP contribution in [0, 0.1) is 0 Å². The molecule has 9 nitrogen and oxygen atoms in total. The van der Waals surface area contributed by atoms with Crippen LogP contribution in [-0.2, 0) is 0 Å². The van der Waals surface area contributed by atoms with Crippen molar-refractivity contribution in [1.29, 1.82) is 0 Å². The fraction of sp³-hybridized carbons (Fsp3) is 0. The quantitative estimate of drug-likeness (QED) is 0.173. The Morgan fingerprint density at radius 2 is 1.09 bits per heavy atom. The number of para-hydroxylation sites is 1. The molecule has 0 radical (unpaired) electrons. The molecule has 0 N–H and O–H groups in total. The molecule has 0 aliphatic heterocycles. The number of benzene rings is 5. The first kappa shape index (κ1) is 30.0. The van der Waals surface area contributed by atoms with Gasteiger partial charge in [0.2, 0.25) is 5.89 Å². The van der Waals surface area contributed by atoms with Gasteiger partial charge < -0.3 is 8.83 Å². The summed E-state index contributed by atoms with van der Waals surface area (Å²) in [6.45, 7) is 0. The molecule has 0 amide bonds. The molecule has 5 aromatic carbocycles. The van der Waals surface area contributed by atoms with Crippen LogP contribution in [0.1, 0.15) is 0 Å². The van der Waals surface area contributed by atoms with Crippen molar-refractivity contribution in [2.24, 2.45) is 0 Å². The van der Waals surface area contributed by atoms with Gasteiger partial charge in [-0.15, -0.1) is 0 Å². The summed E-state index contributed by atoms with van der Waals surface area (Å²) < 4.78 is 12.6. The summed E-state index contributed by atoms with van der Waals surface area (Å²) in [6.07, 6.45) is 6.97. The lowest BCUT2D eigenvalue weighted by molar-refractivity contribution is 0.620. The third-order valence-corrected chi connectivity index (χ3v) is 9.82. The van der Waals surface area contributed by atoms with Crippen LogP contribution in [0.15, 0.2) is 161 Å². The van der Waals surface area contributed by atoms with Gasteiger partial charge in [-0.05, 0) is 76.5 Å². The summed E-state index contributed by atoms with van der Waals surface area (Å²) in [7, 11) is 0. The number of hydrogen-bond acceptors (Lipinski definition) is 9. The van der Waals surface area contributed by atoms with E-state index < -0.39 is 0 Å². The molecule has 0 fully saturated rings. The zero-order chi connectivity index (χ0) is 35.6. The number of furan rings is 1. The van der Waals surface area contributed by atoms with Gasteiger partial charge in [0.15, 0.2) is 34.2 Å². The SMILES string of the molecule is c1cnc2c(-c3nc(-c4ccncc4)nc(-c4ccc(-c5cccc6c(-c7nc8c(ccc9c%10ccccc%10oc98)o7)cccc56)cc4)n3)ccnc2c1. The Labute approximate surface area is 306 Å². The lowest BCUT2D eigenvalue weighted by atomic mass is 9.95. The minimum absolute atomic E-state index is 0.517. The topological polar surface area (TPSA) is 117 Å². The molecule has 0 aliphatic rings. The van der Waals surface area contributed by atoms with Crippen LogP contribution in [0.4, 0.5) is 0 Å². The molecule has 0 saturated carbocycles. The summed E-state index contributed by atoms with van der Waals surface area (Å²) in [5.74, 6) is 2.16. The van der Waals surface area contributed by atoms with Crippen LogP contribution in [0.25, 0.3) is 112 Å². The van der Waals surface area contributed by atoms with E-state index in [0.717, 1.165) is 77.1 Å².